The van der Waals surface area contributed by atoms with Crippen LogP contribution < -0.4 is 21.3 Å². The summed E-state index contributed by atoms with van der Waals surface area (Å²) >= 11 is 1.80. The average molecular weight is 469 g/mol. The quantitative estimate of drug-likeness (QED) is 0.165. The van der Waals surface area contributed by atoms with Gasteiger partial charge < -0.3 is 35.5 Å². The van der Waals surface area contributed by atoms with Crippen LogP contribution in [0.25, 0.3) is 0 Å². The highest BCUT2D eigenvalue weighted by Crippen LogP contribution is 2.33. The normalized spacial score (nSPS) is 27.9. The first-order valence-corrected chi connectivity index (χ1v) is 11.6. The van der Waals surface area contributed by atoms with Gasteiger partial charge in [-0.2, -0.15) is 11.8 Å². The van der Waals surface area contributed by atoms with Crippen LogP contribution in [0.4, 0.5) is 4.79 Å². The number of hydrogen-bond donors (Lipinski definition) is 4. The molecule has 0 aromatic rings. The first-order valence-electron chi connectivity index (χ1n) is 14.6. The van der Waals surface area contributed by atoms with E-state index in [-0.39, 0.29) is 56.9 Å². The van der Waals surface area contributed by atoms with Gasteiger partial charge in [0.15, 0.2) is 0 Å². The molecule has 0 saturated carbocycles. The Bertz CT molecular complexity index is 814. The summed E-state index contributed by atoms with van der Waals surface area (Å²) in [7, 11) is 1.31. The van der Waals surface area contributed by atoms with Crippen molar-refractivity contribution in [3.63, 3.8) is 0 Å². The number of thioether (sulfide) groups is 1. The van der Waals surface area contributed by atoms with Gasteiger partial charge in [0.05, 0.1) is 41.3 Å². The minimum absolute atomic E-state index is 0.0204. The number of carbonyl (C=O) groups excluding carboxylic acids is 2. The highest BCUT2D eigenvalue weighted by atomic mass is 32.2. The van der Waals surface area contributed by atoms with E-state index in [9.17, 15) is 9.59 Å². The second-order valence-electron chi connectivity index (χ2n) is 6.99. The van der Waals surface area contributed by atoms with E-state index in [1.807, 2.05) is 0 Å². The number of nitrogens with one attached hydrogen (secondary N) is 4. The van der Waals surface area contributed by atoms with Crippen LogP contribution in [-0.2, 0) is 19.0 Å². The zero-order valence-electron chi connectivity index (χ0n) is 26.0. The molecule has 0 aromatic carbocycles. The summed E-state index contributed by atoms with van der Waals surface area (Å²) in [5.74, 6) is 0.491. The Kier molecular flexibility index (Phi) is 8.82. The molecule has 2 saturated heterocycles. The van der Waals surface area contributed by atoms with Crippen molar-refractivity contribution in [2.75, 3.05) is 65.4 Å². The van der Waals surface area contributed by atoms with Gasteiger partial charge in [0, 0.05) is 45.4 Å². The minimum atomic E-state index is -2.69. The summed E-state index contributed by atoms with van der Waals surface area (Å²) in [5, 5.41) is 10.8. The van der Waals surface area contributed by atoms with Gasteiger partial charge in [0.2, 0.25) is 5.91 Å². The van der Waals surface area contributed by atoms with Gasteiger partial charge in [0.25, 0.3) is 0 Å². The van der Waals surface area contributed by atoms with Gasteiger partial charge in [-0.25, -0.2) is 4.79 Å². The van der Waals surface area contributed by atoms with E-state index in [1.54, 1.807) is 11.8 Å². The molecule has 10 heteroatoms. The lowest BCUT2D eigenvalue weighted by atomic mass is 10.0. The molecule has 3 amide bonds. The van der Waals surface area contributed by atoms with Crippen molar-refractivity contribution in [2.24, 2.45) is 0 Å². The van der Waals surface area contributed by atoms with Crippen molar-refractivity contribution in [1.82, 2.24) is 21.3 Å². The Morgan fingerprint density at radius 3 is 2.71 bits per heavy atom. The lowest BCUT2D eigenvalue weighted by Crippen LogP contribution is -2.36. The highest BCUT2D eigenvalue weighted by Gasteiger charge is 2.42. The van der Waals surface area contributed by atoms with Crippen LogP contribution in [0.15, 0.2) is 0 Å². The van der Waals surface area contributed by atoms with Crippen LogP contribution in [-0.4, -0.2) is 94.7 Å². The van der Waals surface area contributed by atoms with E-state index in [0.29, 0.717) is 11.7 Å². The molecule has 0 aliphatic carbocycles. The molecule has 0 unspecified atom stereocenters. The van der Waals surface area contributed by atoms with E-state index in [2.05, 4.69) is 21.3 Å². The maximum Gasteiger partial charge on any atom is 0.315 e. The maximum atomic E-state index is 12.2. The van der Waals surface area contributed by atoms with Crippen molar-refractivity contribution in [3.05, 3.63) is 0 Å². The van der Waals surface area contributed by atoms with Crippen molar-refractivity contribution >= 4 is 23.7 Å². The lowest BCUT2D eigenvalue weighted by Gasteiger charge is -2.16. The Labute approximate surface area is 201 Å². The van der Waals surface area contributed by atoms with Crippen LogP contribution in [0.3, 0.4) is 0 Å². The second-order valence-corrected chi connectivity index (χ2v) is 8.26. The van der Waals surface area contributed by atoms with Gasteiger partial charge in [-0.15, -0.1) is 0 Å². The predicted molar refractivity (Wildman–Crippen MR) is 123 cm³/mol. The van der Waals surface area contributed by atoms with E-state index in [1.165, 1.54) is 7.05 Å². The summed E-state index contributed by atoms with van der Waals surface area (Å²) in [4.78, 5) is 23.6. The van der Waals surface area contributed by atoms with E-state index >= 15 is 0 Å². The molecule has 2 aliphatic heterocycles. The lowest BCUT2D eigenvalue weighted by molar-refractivity contribution is -0.121. The summed E-state index contributed by atoms with van der Waals surface area (Å²) in [6.07, 6.45) is -2.32. The largest absolute Gasteiger partial charge is 0.379 e. The molecule has 2 heterocycles. The summed E-state index contributed by atoms with van der Waals surface area (Å²) in [6.45, 7) is -6.34. The number of rotatable bonds is 19. The second kappa shape index (κ2) is 16.5. The van der Waals surface area contributed by atoms with Crippen LogP contribution in [0.2, 0.25) is 0 Å². The number of ether oxygens (including phenoxy) is 3. The summed E-state index contributed by atoms with van der Waals surface area (Å²) in [5.41, 5.74) is 0. The van der Waals surface area contributed by atoms with Crippen LogP contribution in [0.5, 0.6) is 0 Å². The molecule has 0 bridgehead atoms. The van der Waals surface area contributed by atoms with E-state index < -0.39 is 39.0 Å². The fourth-order valence-corrected chi connectivity index (χ4v) is 4.76. The van der Waals surface area contributed by atoms with Crippen LogP contribution >= 0.6 is 11.8 Å². The van der Waals surface area contributed by atoms with Crippen molar-refractivity contribution in [1.29, 1.82) is 0 Å². The van der Waals surface area contributed by atoms with Gasteiger partial charge in [-0.1, -0.05) is 6.42 Å². The van der Waals surface area contributed by atoms with Crippen molar-refractivity contribution < 1.29 is 34.8 Å². The molecule has 0 radical (unpaired) electrons. The van der Waals surface area contributed by atoms with Crippen molar-refractivity contribution in [2.45, 2.75) is 55.8 Å². The van der Waals surface area contributed by atoms with E-state index in [0.717, 1.165) is 18.6 Å². The number of carbonyl (C=O) groups is 2. The first-order chi connectivity index (χ1) is 18.1. The monoisotopic (exact) mass is 468 g/mol. The molecule has 0 spiro atoms. The molecule has 3 atom stereocenters. The van der Waals surface area contributed by atoms with Gasteiger partial charge in [0.1, 0.15) is 0 Å². The molecule has 2 rings (SSSR count). The Morgan fingerprint density at radius 2 is 1.90 bits per heavy atom. The number of hydrogen-bond acceptors (Lipinski definition) is 7. The number of amides is 3. The molecule has 180 valence electrons. The smallest absolute Gasteiger partial charge is 0.315 e. The molecular weight excluding hydrogens is 420 g/mol. The number of unbranched alkanes of at least 4 members (excludes halogenated alkanes) is 1. The van der Waals surface area contributed by atoms with Crippen LogP contribution in [0, 0.1) is 0 Å². The fourth-order valence-electron chi connectivity index (χ4n) is 3.21. The maximum absolute atomic E-state index is 12.2. The molecule has 31 heavy (non-hydrogen) atoms. The zero-order chi connectivity index (χ0) is 29.3. The molecule has 4 N–H and O–H groups in total. The molecule has 9 nitrogen and oxygen atoms in total. The topological polar surface area (TPSA) is 110 Å². The third kappa shape index (κ3) is 11.4. The standard InChI is InChI=1S/C21H40N4O5S/c1-22-8-4-10-28-12-14-30-15-13-29-11-5-9-23-19(26)7-3-2-6-18-20-17(16-31-18)24-21(27)25-20/h17-18,20,22H,2-16H2,1H3,(H,23,26)(H2,24,25,27)/t17-,18-,20-/m0/s1/i4D2,5D2,8D2,11D2. The Morgan fingerprint density at radius 1 is 1.13 bits per heavy atom. The molecule has 0 aromatic heterocycles. The van der Waals surface area contributed by atoms with Crippen LogP contribution in [0.1, 0.15) is 49.4 Å². The van der Waals surface area contributed by atoms with Gasteiger partial charge >= 0.3 is 6.03 Å². The summed E-state index contributed by atoms with van der Waals surface area (Å²) < 4.78 is 77.7. The molecule has 2 aliphatic rings. The third-order valence-electron chi connectivity index (χ3n) is 4.69. The summed E-state index contributed by atoms with van der Waals surface area (Å²) in [6, 6.07) is 0.125. The van der Waals surface area contributed by atoms with E-state index in [4.69, 9.17) is 25.2 Å². The molecular formula is C21H40N4O5S. The number of urea groups is 1. The minimum Gasteiger partial charge on any atom is -0.379 e. The third-order valence-corrected chi connectivity index (χ3v) is 6.20. The molecule has 2 fully saturated rings. The zero-order valence-corrected chi connectivity index (χ0v) is 18.8. The Balaban J connectivity index is 1.55. The predicted octanol–water partition coefficient (Wildman–Crippen LogP) is 0.878. The number of fused-ring (bicyclic) bond motifs is 1. The SMILES string of the molecule is [2H]C([2H])(COCCOCCOC([2H])([2H])C([2H])([2H])CNC(=O)CCCC[C@@H]1SC[C@@H]2NC(=O)N[C@@H]21)C([2H])([2H])NC. The van der Waals surface area contributed by atoms with Gasteiger partial charge in [-0.05, 0) is 39.1 Å². The van der Waals surface area contributed by atoms with Crippen molar-refractivity contribution in [3.8, 4) is 0 Å². The highest BCUT2D eigenvalue weighted by molar-refractivity contribution is 8.00. The average Bonchev–Trinajstić information content (AvgIpc) is 3.41. The first kappa shape index (κ1) is 16.5. The Hall–Kier alpha value is -1.07. The van der Waals surface area contributed by atoms with Gasteiger partial charge in [-0.3, -0.25) is 4.79 Å². The fraction of sp³-hybridized carbons (Fsp3) is 0.905.